The smallest absolute Gasteiger partial charge is 0.274 e. The zero-order valence-electron chi connectivity index (χ0n) is 14.7. The standard InChI is InChI=1S/C19H17N5O2S/c1-2-9-24(12-17-22-23-18(26-17)16-8-5-10-27-16)19(25)15-11-20-13-6-3-4-7-14(13)21-15/h3-8,10-11H,2,9,12H2,1H3. The number of hydrogen-bond acceptors (Lipinski definition) is 7. The van der Waals surface area contributed by atoms with Crippen molar-refractivity contribution in [3.63, 3.8) is 0 Å². The van der Waals surface area contributed by atoms with Gasteiger partial charge in [-0.2, -0.15) is 0 Å². The van der Waals surface area contributed by atoms with Crippen molar-refractivity contribution in [2.75, 3.05) is 6.54 Å². The average Bonchev–Trinajstić information content (AvgIpc) is 3.38. The number of aromatic nitrogens is 4. The second-order valence-corrected chi connectivity index (χ2v) is 6.90. The Morgan fingerprint density at radius 1 is 1.15 bits per heavy atom. The molecule has 4 rings (SSSR count). The molecule has 8 heteroatoms. The van der Waals surface area contributed by atoms with E-state index in [2.05, 4.69) is 20.2 Å². The Kier molecular flexibility index (Phi) is 4.88. The van der Waals surface area contributed by atoms with Gasteiger partial charge in [0.2, 0.25) is 5.89 Å². The van der Waals surface area contributed by atoms with E-state index in [1.807, 2.05) is 48.7 Å². The van der Waals surface area contributed by atoms with Crippen molar-refractivity contribution in [3.05, 3.63) is 59.6 Å². The molecule has 0 saturated carbocycles. The first-order valence-corrected chi connectivity index (χ1v) is 9.50. The van der Waals surface area contributed by atoms with Crippen LogP contribution in [0.25, 0.3) is 21.8 Å². The highest BCUT2D eigenvalue weighted by Crippen LogP contribution is 2.23. The minimum Gasteiger partial charge on any atom is -0.418 e. The first-order valence-electron chi connectivity index (χ1n) is 8.62. The highest BCUT2D eigenvalue weighted by Gasteiger charge is 2.20. The van der Waals surface area contributed by atoms with Gasteiger partial charge >= 0.3 is 0 Å². The fourth-order valence-electron chi connectivity index (χ4n) is 2.73. The van der Waals surface area contributed by atoms with Gasteiger partial charge in [-0.3, -0.25) is 9.78 Å². The van der Waals surface area contributed by atoms with Crippen LogP contribution in [0.15, 0.2) is 52.4 Å². The Hall–Kier alpha value is -3.13. The van der Waals surface area contributed by atoms with Crippen LogP contribution in [-0.2, 0) is 6.54 Å². The van der Waals surface area contributed by atoms with Gasteiger partial charge < -0.3 is 9.32 Å². The van der Waals surface area contributed by atoms with Crippen LogP contribution in [0.3, 0.4) is 0 Å². The largest absolute Gasteiger partial charge is 0.418 e. The third-order valence-electron chi connectivity index (χ3n) is 3.97. The van der Waals surface area contributed by atoms with E-state index >= 15 is 0 Å². The monoisotopic (exact) mass is 379 g/mol. The lowest BCUT2D eigenvalue weighted by atomic mass is 10.2. The number of nitrogens with zero attached hydrogens (tertiary/aromatic N) is 5. The number of amides is 1. The maximum absolute atomic E-state index is 13.0. The highest BCUT2D eigenvalue weighted by molar-refractivity contribution is 7.13. The zero-order chi connectivity index (χ0) is 18.6. The molecule has 3 aromatic heterocycles. The predicted octanol–water partition coefficient (Wildman–Crippen LogP) is 3.79. The zero-order valence-corrected chi connectivity index (χ0v) is 15.5. The molecule has 0 aliphatic carbocycles. The molecule has 0 bridgehead atoms. The molecule has 0 N–H and O–H groups in total. The first-order chi connectivity index (χ1) is 13.2. The third-order valence-corrected chi connectivity index (χ3v) is 4.83. The third kappa shape index (κ3) is 3.70. The number of carbonyl (C=O) groups is 1. The Morgan fingerprint density at radius 3 is 2.78 bits per heavy atom. The van der Waals surface area contributed by atoms with E-state index in [9.17, 15) is 4.79 Å². The van der Waals surface area contributed by atoms with E-state index in [1.165, 1.54) is 17.5 Å². The van der Waals surface area contributed by atoms with Crippen LogP contribution >= 0.6 is 11.3 Å². The predicted molar refractivity (Wildman–Crippen MR) is 102 cm³/mol. The van der Waals surface area contributed by atoms with Gasteiger partial charge in [-0.25, -0.2) is 4.98 Å². The maximum atomic E-state index is 13.0. The number of benzene rings is 1. The molecule has 0 aliphatic heterocycles. The topological polar surface area (TPSA) is 85.0 Å². The van der Waals surface area contributed by atoms with Gasteiger partial charge in [0.05, 0.1) is 28.7 Å². The van der Waals surface area contributed by atoms with Crippen molar-refractivity contribution < 1.29 is 9.21 Å². The summed E-state index contributed by atoms with van der Waals surface area (Å²) in [5.74, 6) is 0.661. The first kappa shape index (κ1) is 17.3. The molecular formula is C19H17N5O2S. The molecule has 4 aromatic rings. The maximum Gasteiger partial charge on any atom is 0.274 e. The molecule has 0 spiro atoms. The van der Waals surface area contributed by atoms with Crippen molar-refractivity contribution in [2.24, 2.45) is 0 Å². The molecule has 0 atom stereocenters. The fraction of sp³-hybridized carbons (Fsp3) is 0.211. The minimum absolute atomic E-state index is 0.203. The summed E-state index contributed by atoms with van der Waals surface area (Å²) in [5.41, 5.74) is 1.76. The van der Waals surface area contributed by atoms with Crippen molar-refractivity contribution in [2.45, 2.75) is 19.9 Å². The molecule has 136 valence electrons. The van der Waals surface area contributed by atoms with Gasteiger partial charge in [0.25, 0.3) is 11.8 Å². The molecule has 0 fully saturated rings. The van der Waals surface area contributed by atoms with Crippen molar-refractivity contribution in [3.8, 4) is 10.8 Å². The normalized spacial score (nSPS) is 11.0. The number of para-hydroxylation sites is 2. The van der Waals surface area contributed by atoms with Gasteiger partial charge in [0, 0.05) is 6.54 Å². The lowest BCUT2D eigenvalue weighted by Gasteiger charge is -2.19. The van der Waals surface area contributed by atoms with E-state index in [-0.39, 0.29) is 12.5 Å². The number of rotatable bonds is 6. The van der Waals surface area contributed by atoms with Crippen LogP contribution < -0.4 is 0 Å². The quantitative estimate of drug-likeness (QED) is 0.507. The van der Waals surface area contributed by atoms with Crippen molar-refractivity contribution in [1.29, 1.82) is 0 Å². The number of fused-ring (bicyclic) bond motifs is 1. The molecule has 0 saturated heterocycles. The SMILES string of the molecule is CCCN(Cc1nnc(-c2cccs2)o1)C(=O)c1cnc2ccccc2n1. The number of carbonyl (C=O) groups excluding carboxylic acids is 1. The Balaban J connectivity index is 1.56. The van der Waals surface area contributed by atoms with E-state index in [0.29, 0.717) is 29.5 Å². The fourth-order valence-corrected chi connectivity index (χ4v) is 3.37. The summed E-state index contributed by atoms with van der Waals surface area (Å²) in [6.45, 7) is 2.81. The molecule has 0 unspecified atom stereocenters. The summed E-state index contributed by atoms with van der Waals surface area (Å²) < 4.78 is 5.72. The summed E-state index contributed by atoms with van der Waals surface area (Å²) in [5, 5.41) is 10.1. The number of thiophene rings is 1. The van der Waals surface area contributed by atoms with Gasteiger partial charge in [-0.1, -0.05) is 25.1 Å². The highest BCUT2D eigenvalue weighted by atomic mass is 32.1. The van der Waals surface area contributed by atoms with E-state index < -0.39 is 0 Å². The average molecular weight is 379 g/mol. The Labute approximate surface area is 159 Å². The molecule has 7 nitrogen and oxygen atoms in total. The van der Waals surface area contributed by atoms with Crippen LogP contribution in [0.2, 0.25) is 0 Å². The van der Waals surface area contributed by atoms with Crippen LogP contribution in [0.5, 0.6) is 0 Å². The van der Waals surface area contributed by atoms with Crippen LogP contribution in [0.1, 0.15) is 29.7 Å². The second kappa shape index (κ2) is 7.63. The summed E-state index contributed by atoms with van der Waals surface area (Å²) in [6.07, 6.45) is 2.32. The van der Waals surface area contributed by atoms with Crippen LogP contribution in [-0.4, -0.2) is 37.5 Å². The summed E-state index contributed by atoms with van der Waals surface area (Å²) in [7, 11) is 0. The molecule has 3 heterocycles. The summed E-state index contributed by atoms with van der Waals surface area (Å²) in [6, 6.07) is 11.3. The van der Waals surface area contributed by atoms with Gasteiger partial charge in [-0.05, 0) is 30.0 Å². The van der Waals surface area contributed by atoms with Crippen molar-refractivity contribution in [1.82, 2.24) is 25.1 Å². The molecule has 1 aromatic carbocycles. The number of hydrogen-bond donors (Lipinski definition) is 0. The Bertz CT molecular complexity index is 1060. The summed E-state index contributed by atoms with van der Waals surface area (Å²) in [4.78, 5) is 24.3. The van der Waals surface area contributed by atoms with Gasteiger partial charge in [0.1, 0.15) is 5.69 Å². The second-order valence-electron chi connectivity index (χ2n) is 5.95. The Morgan fingerprint density at radius 2 is 2.00 bits per heavy atom. The molecule has 27 heavy (non-hydrogen) atoms. The molecule has 0 aliphatic rings. The lowest BCUT2D eigenvalue weighted by Crippen LogP contribution is -2.32. The van der Waals surface area contributed by atoms with Crippen LogP contribution in [0.4, 0.5) is 0 Å². The molecule has 1 amide bonds. The van der Waals surface area contributed by atoms with Gasteiger partial charge in [0.15, 0.2) is 0 Å². The summed E-state index contributed by atoms with van der Waals surface area (Å²) >= 11 is 1.53. The van der Waals surface area contributed by atoms with Crippen LogP contribution in [0, 0.1) is 0 Å². The van der Waals surface area contributed by atoms with Gasteiger partial charge in [-0.15, -0.1) is 21.5 Å². The molecular weight excluding hydrogens is 362 g/mol. The van der Waals surface area contributed by atoms with E-state index in [4.69, 9.17) is 4.42 Å². The minimum atomic E-state index is -0.203. The van der Waals surface area contributed by atoms with Crippen molar-refractivity contribution >= 4 is 28.3 Å². The van der Waals surface area contributed by atoms with E-state index in [0.717, 1.165) is 16.8 Å². The molecule has 0 radical (unpaired) electrons. The van der Waals surface area contributed by atoms with E-state index in [1.54, 1.807) is 4.90 Å². The lowest BCUT2D eigenvalue weighted by molar-refractivity contribution is 0.0722.